The number of hydrogen-bond donors (Lipinski definition) is 1. The first-order chi connectivity index (χ1) is 12.5. The maximum atomic E-state index is 12.2. The zero-order valence-electron chi connectivity index (χ0n) is 15.3. The van der Waals surface area contributed by atoms with Crippen LogP contribution in [0.3, 0.4) is 0 Å². The number of carbonyl (C=O) groups excluding carboxylic acids is 2. The number of esters is 1. The van der Waals surface area contributed by atoms with E-state index in [4.69, 9.17) is 9.47 Å². The molecule has 0 spiro atoms. The summed E-state index contributed by atoms with van der Waals surface area (Å²) in [5.74, 6) is -0.427. The van der Waals surface area contributed by atoms with E-state index in [2.05, 4.69) is 5.32 Å². The van der Waals surface area contributed by atoms with Gasteiger partial charge in [-0.15, -0.1) is 0 Å². The molecule has 1 unspecified atom stereocenters. The first kappa shape index (κ1) is 19.4. The molecule has 6 heteroatoms. The number of carbonyl (C=O) groups is 2. The van der Waals surface area contributed by atoms with Crippen LogP contribution in [0.4, 0.5) is 10.5 Å². The second-order valence-electron chi connectivity index (χ2n) is 6.44. The summed E-state index contributed by atoms with van der Waals surface area (Å²) in [5, 5.41) is 2.66. The molecule has 0 aliphatic heterocycles. The number of rotatable bonds is 7. The molecule has 0 saturated heterocycles. The first-order valence-electron chi connectivity index (χ1n) is 8.60. The van der Waals surface area contributed by atoms with Crippen molar-refractivity contribution in [1.29, 1.82) is 0 Å². The van der Waals surface area contributed by atoms with E-state index in [-0.39, 0.29) is 18.6 Å². The zero-order valence-corrected chi connectivity index (χ0v) is 15.3. The van der Waals surface area contributed by atoms with E-state index >= 15 is 0 Å². The molecule has 0 saturated carbocycles. The maximum absolute atomic E-state index is 12.2. The molecule has 1 heterocycles. The van der Waals surface area contributed by atoms with E-state index in [1.54, 1.807) is 35.8 Å². The minimum Gasteiger partial charge on any atom is -0.449 e. The standard InChI is InChI=1S/C20H24N2O4/c1-15(2)13-25-20(24)21-18-9-7-17(8-10-18)16(3)19(23)26-14-22-11-5-4-6-12-22/h4-12,15-16H,13-14H2,1-3H3/p+1. The number of hydrogen-bond acceptors (Lipinski definition) is 4. The molecule has 0 aliphatic rings. The maximum Gasteiger partial charge on any atom is 0.411 e. The van der Waals surface area contributed by atoms with Gasteiger partial charge in [0.1, 0.15) is 0 Å². The molecule has 1 N–H and O–H groups in total. The van der Waals surface area contributed by atoms with Gasteiger partial charge in [-0.3, -0.25) is 10.1 Å². The van der Waals surface area contributed by atoms with Crippen LogP contribution < -0.4 is 9.88 Å². The predicted molar refractivity (Wildman–Crippen MR) is 97.4 cm³/mol. The Morgan fingerprint density at radius 1 is 1.00 bits per heavy atom. The van der Waals surface area contributed by atoms with Gasteiger partial charge >= 0.3 is 12.1 Å². The molecule has 0 aliphatic carbocycles. The third kappa shape index (κ3) is 6.20. The van der Waals surface area contributed by atoms with Crippen LogP contribution in [0.2, 0.25) is 0 Å². The SMILES string of the molecule is CC(C)COC(=O)Nc1ccc(C(C)C(=O)OC[n+]2ccccc2)cc1. The van der Waals surface area contributed by atoms with Gasteiger partial charge in [-0.05, 0) is 30.5 Å². The van der Waals surface area contributed by atoms with Crippen LogP contribution >= 0.6 is 0 Å². The Balaban J connectivity index is 1.86. The topological polar surface area (TPSA) is 68.5 Å². The fraction of sp³-hybridized carbons (Fsp3) is 0.350. The Morgan fingerprint density at radius 2 is 1.65 bits per heavy atom. The number of pyridine rings is 1. The molecule has 2 aromatic rings. The van der Waals surface area contributed by atoms with Crippen LogP contribution in [0.15, 0.2) is 54.9 Å². The van der Waals surface area contributed by atoms with Crippen molar-refractivity contribution in [1.82, 2.24) is 0 Å². The summed E-state index contributed by atoms with van der Waals surface area (Å²) in [7, 11) is 0. The number of nitrogens with one attached hydrogen (secondary N) is 1. The van der Waals surface area contributed by atoms with Crippen molar-refractivity contribution in [3.63, 3.8) is 0 Å². The Morgan fingerprint density at radius 3 is 2.27 bits per heavy atom. The van der Waals surface area contributed by atoms with E-state index in [0.29, 0.717) is 12.3 Å². The summed E-state index contributed by atoms with van der Waals surface area (Å²) in [4.78, 5) is 23.9. The van der Waals surface area contributed by atoms with Crippen molar-refractivity contribution < 1.29 is 23.6 Å². The van der Waals surface area contributed by atoms with Gasteiger partial charge in [-0.1, -0.05) is 32.0 Å². The second kappa shape index (κ2) is 9.56. The van der Waals surface area contributed by atoms with Crippen molar-refractivity contribution in [2.45, 2.75) is 33.4 Å². The van der Waals surface area contributed by atoms with Crippen molar-refractivity contribution >= 4 is 17.7 Å². The molecule has 6 nitrogen and oxygen atoms in total. The molecule has 0 bridgehead atoms. The third-order valence-electron chi connectivity index (χ3n) is 3.69. The summed E-state index contributed by atoms with van der Waals surface area (Å²) in [6, 6.07) is 12.7. The fourth-order valence-electron chi connectivity index (χ4n) is 2.17. The summed E-state index contributed by atoms with van der Waals surface area (Å²) in [6.07, 6.45) is 3.17. The highest BCUT2D eigenvalue weighted by molar-refractivity contribution is 5.84. The van der Waals surface area contributed by atoms with Crippen LogP contribution in [-0.2, 0) is 21.0 Å². The quantitative estimate of drug-likeness (QED) is 0.608. The molecular weight excluding hydrogens is 332 g/mol. The summed E-state index contributed by atoms with van der Waals surface area (Å²) < 4.78 is 12.2. The average molecular weight is 357 g/mol. The first-order valence-corrected chi connectivity index (χ1v) is 8.60. The molecule has 1 aromatic carbocycles. The molecule has 1 aromatic heterocycles. The lowest BCUT2D eigenvalue weighted by Crippen LogP contribution is -2.35. The Labute approximate surface area is 153 Å². The molecule has 0 fully saturated rings. The molecule has 26 heavy (non-hydrogen) atoms. The molecule has 1 amide bonds. The average Bonchev–Trinajstić information content (AvgIpc) is 2.65. The van der Waals surface area contributed by atoms with Crippen LogP contribution in [0.1, 0.15) is 32.3 Å². The summed E-state index contributed by atoms with van der Waals surface area (Å²) in [5.41, 5.74) is 1.43. The van der Waals surface area contributed by atoms with E-state index in [9.17, 15) is 9.59 Å². The number of benzene rings is 1. The van der Waals surface area contributed by atoms with Gasteiger partial charge in [0.05, 0.1) is 12.5 Å². The second-order valence-corrected chi connectivity index (χ2v) is 6.44. The Bertz CT molecular complexity index is 714. The molecule has 1 atom stereocenters. The van der Waals surface area contributed by atoms with Crippen molar-refractivity contribution in [2.75, 3.05) is 11.9 Å². The van der Waals surface area contributed by atoms with Crippen LogP contribution in [-0.4, -0.2) is 18.7 Å². The van der Waals surface area contributed by atoms with Crippen LogP contribution in [0, 0.1) is 5.92 Å². The highest BCUT2D eigenvalue weighted by Crippen LogP contribution is 2.19. The van der Waals surface area contributed by atoms with Crippen LogP contribution in [0.5, 0.6) is 0 Å². The lowest BCUT2D eigenvalue weighted by Gasteiger charge is -2.12. The van der Waals surface area contributed by atoms with Crippen molar-refractivity contribution in [3.8, 4) is 0 Å². The minimum atomic E-state index is -0.487. The molecule has 0 radical (unpaired) electrons. The van der Waals surface area contributed by atoms with Gasteiger partial charge < -0.3 is 9.47 Å². The number of anilines is 1. The van der Waals surface area contributed by atoms with Gasteiger partial charge in [-0.25, -0.2) is 4.79 Å². The Hall–Kier alpha value is -2.89. The highest BCUT2D eigenvalue weighted by Gasteiger charge is 2.18. The zero-order chi connectivity index (χ0) is 18.9. The van der Waals surface area contributed by atoms with Gasteiger partial charge in [-0.2, -0.15) is 4.57 Å². The lowest BCUT2D eigenvalue weighted by atomic mass is 10.0. The van der Waals surface area contributed by atoms with E-state index in [1.165, 1.54) is 0 Å². The fourth-order valence-corrected chi connectivity index (χ4v) is 2.17. The minimum absolute atomic E-state index is 0.172. The Kier molecular flexibility index (Phi) is 7.14. The highest BCUT2D eigenvalue weighted by atomic mass is 16.5. The monoisotopic (exact) mass is 357 g/mol. The van der Waals surface area contributed by atoms with Gasteiger partial charge in [0.15, 0.2) is 12.4 Å². The molecule has 138 valence electrons. The molecule has 2 rings (SSSR count). The number of amides is 1. The summed E-state index contributed by atoms with van der Waals surface area (Å²) >= 11 is 0. The number of ether oxygens (including phenoxy) is 2. The van der Waals surface area contributed by atoms with Crippen molar-refractivity contribution in [2.24, 2.45) is 5.92 Å². The smallest absolute Gasteiger partial charge is 0.411 e. The number of aromatic nitrogens is 1. The normalized spacial score (nSPS) is 11.7. The van der Waals surface area contributed by atoms with E-state index in [0.717, 1.165) is 5.56 Å². The molecular formula is C20H25N2O4+. The van der Waals surface area contributed by atoms with E-state index < -0.39 is 12.0 Å². The number of nitrogens with zero attached hydrogens (tertiary/aromatic N) is 1. The van der Waals surface area contributed by atoms with Crippen LogP contribution in [0.25, 0.3) is 0 Å². The van der Waals surface area contributed by atoms with Gasteiger partial charge in [0.25, 0.3) is 6.73 Å². The van der Waals surface area contributed by atoms with Crippen molar-refractivity contribution in [3.05, 3.63) is 60.4 Å². The lowest BCUT2D eigenvalue weighted by molar-refractivity contribution is -0.727. The van der Waals surface area contributed by atoms with E-state index in [1.807, 2.05) is 44.4 Å². The third-order valence-corrected chi connectivity index (χ3v) is 3.69. The predicted octanol–water partition coefficient (Wildman–Crippen LogP) is 3.48. The largest absolute Gasteiger partial charge is 0.449 e. The van der Waals surface area contributed by atoms with Gasteiger partial charge in [0, 0.05) is 17.8 Å². The van der Waals surface area contributed by atoms with Gasteiger partial charge in [0.2, 0.25) is 0 Å². The summed E-state index contributed by atoms with van der Waals surface area (Å²) in [6.45, 7) is 6.27.